The van der Waals surface area contributed by atoms with Crippen LogP contribution in [0.5, 0.6) is 0 Å². The van der Waals surface area contributed by atoms with Gasteiger partial charge in [-0.2, -0.15) is 0 Å². The minimum absolute atomic E-state index is 0.366. The second-order valence-electron chi connectivity index (χ2n) is 5.80. The van der Waals surface area contributed by atoms with Crippen molar-refractivity contribution in [3.05, 3.63) is 0 Å². The normalized spacial score (nSPS) is 36.9. The van der Waals surface area contributed by atoms with E-state index in [1.165, 1.54) is 26.1 Å². The number of hydrogen-bond acceptors (Lipinski definition) is 2. The minimum atomic E-state index is 0.366. The predicted molar refractivity (Wildman–Crippen MR) is 55.9 cm³/mol. The molecule has 0 aromatic heterocycles. The molecule has 2 bridgehead atoms. The molecule has 2 aliphatic rings. The first kappa shape index (κ1) is 9.47. The summed E-state index contributed by atoms with van der Waals surface area (Å²) < 4.78 is 0. The Hall–Kier alpha value is -0.0800. The monoisotopic (exact) mass is 182 g/mol. The first-order valence-corrected chi connectivity index (χ1v) is 5.42. The summed E-state index contributed by atoms with van der Waals surface area (Å²) in [6, 6.07) is 0.823. The highest BCUT2D eigenvalue weighted by atomic mass is 15.3. The second-order valence-corrected chi connectivity index (χ2v) is 5.80. The zero-order valence-corrected chi connectivity index (χ0v) is 9.38. The van der Waals surface area contributed by atoms with Crippen LogP contribution in [0.1, 0.15) is 27.2 Å². The Morgan fingerprint density at radius 3 is 2.38 bits per heavy atom. The molecule has 0 aromatic carbocycles. The van der Waals surface area contributed by atoms with Gasteiger partial charge in [0.05, 0.1) is 0 Å². The summed E-state index contributed by atoms with van der Waals surface area (Å²) in [4.78, 5) is 5.19. The van der Waals surface area contributed by atoms with E-state index in [9.17, 15) is 0 Å². The van der Waals surface area contributed by atoms with Crippen LogP contribution in [-0.4, -0.2) is 48.1 Å². The van der Waals surface area contributed by atoms with Crippen LogP contribution in [0.4, 0.5) is 0 Å². The van der Waals surface area contributed by atoms with Crippen LogP contribution in [0, 0.1) is 5.92 Å². The molecule has 2 rings (SSSR count). The van der Waals surface area contributed by atoms with Gasteiger partial charge in [0.15, 0.2) is 0 Å². The van der Waals surface area contributed by atoms with Gasteiger partial charge < -0.3 is 4.90 Å². The smallest absolute Gasteiger partial charge is 0.0231 e. The molecule has 0 saturated carbocycles. The van der Waals surface area contributed by atoms with E-state index in [0.29, 0.717) is 5.54 Å². The fourth-order valence-electron chi connectivity index (χ4n) is 3.02. The van der Waals surface area contributed by atoms with Gasteiger partial charge in [-0.1, -0.05) is 0 Å². The van der Waals surface area contributed by atoms with Crippen LogP contribution < -0.4 is 0 Å². The Labute approximate surface area is 81.9 Å². The van der Waals surface area contributed by atoms with Crippen LogP contribution in [0.2, 0.25) is 0 Å². The molecule has 13 heavy (non-hydrogen) atoms. The highest BCUT2D eigenvalue weighted by molar-refractivity contribution is 4.97. The number of rotatable bonds is 0. The summed E-state index contributed by atoms with van der Waals surface area (Å²) in [5.74, 6) is 0.933. The van der Waals surface area contributed by atoms with Gasteiger partial charge >= 0.3 is 0 Å². The summed E-state index contributed by atoms with van der Waals surface area (Å²) in [5, 5.41) is 0. The fourth-order valence-corrected chi connectivity index (χ4v) is 3.02. The van der Waals surface area contributed by atoms with Gasteiger partial charge in [-0.15, -0.1) is 0 Å². The highest BCUT2D eigenvalue weighted by Gasteiger charge is 2.41. The number of hydrogen-bond donors (Lipinski definition) is 0. The summed E-state index contributed by atoms with van der Waals surface area (Å²) >= 11 is 0. The first-order valence-electron chi connectivity index (χ1n) is 5.42. The maximum absolute atomic E-state index is 2.70. The van der Waals surface area contributed by atoms with E-state index >= 15 is 0 Å². The molecule has 2 heterocycles. The van der Waals surface area contributed by atoms with Gasteiger partial charge in [-0.3, -0.25) is 4.90 Å². The van der Waals surface area contributed by atoms with Crippen molar-refractivity contribution in [2.45, 2.75) is 38.8 Å². The van der Waals surface area contributed by atoms with Crippen molar-refractivity contribution in [3.63, 3.8) is 0 Å². The lowest BCUT2D eigenvalue weighted by Gasteiger charge is -2.37. The Bertz CT molecular complexity index is 195. The Balaban J connectivity index is 2.10. The van der Waals surface area contributed by atoms with Crippen molar-refractivity contribution < 1.29 is 0 Å². The van der Waals surface area contributed by atoms with Gasteiger partial charge in [0, 0.05) is 31.2 Å². The molecule has 2 unspecified atom stereocenters. The largest absolute Gasteiger partial charge is 0.304 e. The first-order chi connectivity index (χ1) is 5.97. The molecule has 2 saturated heterocycles. The van der Waals surface area contributed by atoms with Gasteiger partial charge in [0.25, 0.3) is 0 Å². The molecule has 0 aromatic rings. The lowest BCUT2D eigenvalue weighted by atomic mass is 10.00. The fraction of sp³-hybridized carbons (Fsp3) is 1.00. The number of piperidine rings is 1. The van der Waals surface area contributed by atoms with E-state index in [-0.39, 0.29) is 0 Å². The lowest BCUT2D eigenvalue weighted by molar-refractivity contribution is 0.106. The molecule has 0 spiro atoms. The third-order valence-electron chi connectivity index (χ3n) is 3.46. The molecule has 2 heteroatoms. The summed E-state index contributed by atoms with van der Waals surface area (Å²) in [6.07, 6.45) is 1.43. The van der Waals surface area contributed by atoms with Crippen LogP contribution in [0.3, 0.4) is 0 Å². The molecule has 2 atom stereocenters. The van der Waals surface area contributed by atoms with E-state index in [1.54, 1.807) is 0 Å². The molecule has 2 nitrogen and oxygen atoms in total. The molecule has 2 fully saturated rings. The van der Waals surface area contributed by atoms with Crippen molar-refractivity contribution in [1.82, 2.24) is 9.80 Å². The molecule has 2 aliphatic heterocycles. The molecular weight excluding hydrogens is 160 g/mol. The number of likely N-dealkylation sites (N-methyl/N-ethyl adjacent to an activating group) is 1. The standard InChI is InChI=1S/C11H22N2/c1-11(2,3)13-7-9-5-10(13)8-12(4)6-9/h9-10H,5-8H2,1-4H3. The van der Waals surface area contributed by atoms with Gasteiger partial charge in [0.1, 0.15) is 0 Å². The Morgan fingerprint density at radius 1 is 1.08 bits per heavy atom. The maximum atomic E-state index is 2.70. The summed E-state index contributed by atoms with van der Waals surface area (Å²) in [6.45, 7) is 10.9. The quantitative estimate of drug-likeness (QED) is 0.559. The Kier molecular flexibility index (Phi) is 2.16. The van der Waals surface area contributed by atoms with Gasteiger partial charge in [0.2, 0.25) is 0 Å². The van der Waals surface area contributed by atoms with Gasteiger partial charge in [-0.25, -0.2) is 0 Å². The molecule has 0 N–H and O–H groups in total. The van der Waals surface area contributed by atoms with E-state index < -0.39 is 0 Å². The average Bonchev–Trinajstić information content (AvgIpc) is 2.24. The lowest BCUT2D eigenvalue weighted by Crippen LogP contribution is -2.47. The van der Waals surface area contributed by atoms with Crippen LogP contribution in [0.25, 0.3) is 0 Å². The third kappa shape index (κ3) is 1.75. The Morgan fingerprint density at radius 2 is 1.77 bits per heavy atom. The van der Waals surface area contributed by atoms with E-state index in [4.69, 9.17) is 0 Å². The number of fused-ring (bicyclic) bond motifs is 2. The molecule has 0 amide bonds. The third-order valence-corrected chi connectivity index (χ3v) is 3.46. The van der Waals surface area contributed by atoms with Crippen molar-refractivity contribution in [1.29, 1.82) is 0 Å². The molecule has 76 valence electrons. The van der Waals surface area contributed by atoms with Crippen LogP contribution in [-0.2, 0) is 0 Å². The molecule has 0 radical (unpaired) electrons. The van der Waals surface area contributed by atoms with Crippen molar-refractivity contribution in [3.8, 4) is 0 Å². The SMILES string of the molecule is CN1CC2CC(C1)N(C(C)(C)C)C2. The highest BCUT2D eigenvalue weighted by Crippen LogP contribution is 2.33. The maximum Gasteiger partial charge on any atom is 0.0231 e. The molecule has 0 aliphatic carbocycles. The second kappa shape index (κ2) is 2.96. The van der Waals surface area contributed by atoms with E-state index in [0.717, 1.165) is 12.0 Å². The number of likely N-dealkylation sites (tertiary alicyclic amines) is 2. The molecular formula is C11H22N2. The van der Waals surface area contributed by atoms with Crippen LogP contribution >= 0.6 is 0 Å². The topological polar surface area (TPSA) is 6.48 Å². The van der Waals surface area contributed by atoms with Crippen molar-refractivity contribution in [2.24, 2.45) is 5.92 Å². The van der Waals surface area contributed by atoms with E-state index in [2.05, 4.69) is 37.6 Å². The van der Waals surface area contributed by atoms with E-state index in [1.807, 2.05) is 0 Å². The van der Waals surface area contributed by atoms with Crippen molar-refractivity contribution in [2.75, 3.05) is 26.7 Å². The predicted octanol–water partition coefficient (Wildman–Crippen LogP) is 1.42. The zero-order chi connectivity index (χ0) is 9.64. The average molecular weight is 182 g/mol. The summed E-state index contributed by atoms with van der Waals surface area (Å²) in [7, 11) is 2.26. The zero-order valence-electron chi connectivity index (χ0n) is 9.38. The van der Waals surface area contributed by atoms with Crippen LogP contribution in [0.15, 0.2) is 0 Å². The minimum Gasteiger partial charge on any atom is -0.304 e. The summed E-state index contributed by atoms with van der Waals surface area (Å²) in [5.41, 5.74) is 0.366. The van der Waals surface area contributed by atoms with Crippen molar-refractivity contribution >= 4 is 0 Å². The van der Waals surface area contributed by atoms with Gasteiger partial charge in [-0.05, 0) is 40.2 Å². The number of nitrogens with zero attached hydrogens (tertiary/aromatic N) is 2.